The van der Waals surface area contributed by atoms with E-state index in [9.17, 15) is 0 Å². The van der Waals surface area contributed by atoms with Crippen LogP contribution in [0, 0.1) is 0 Å². The van der Waals surface area contributed by atoms with Crippen LogP contribution >= 0.6 is 0 Å². The van der Waals surface area contributed by atoms with Crippen LogP contribution in [0.15, 0.2) is 24.9 Å². The van der Waals surface area contributed by atoms with E-state index in [-0.39, 0.29) is 0 Å². The second-order valence-corrected chi connectivity index (χ2v) is 4.00. The summed E-state index contributed by atoms with van der Waals surface area (Å²) < 4.78 is 2.03. The number of fused-ring (bicyclic) bond motifs is 1. The molecule has 1 atom stereocenters. The Morgan fingerprint density at radius 1 is 1.40 bits per heavy atom. The summed E-state index contributed by atoms with van der Waals surface area (Å²) in [7, 11) is 0. The highest BCUT2D eigenvalue weighted by molar-refractivity contribution is 5.51. The van der Waals surface area contributed by atoms with Crippen LogP contribution in [0.3, 0.4) is 0 Å². The van der Waals surface area contributed by atoms with Gasteiger partial charge in [-0.05, 0) is 19.4 Å². The molecule has 0 amide bonds. The second-order valence-electron chi connectivity index (χ2n) is 4.00. The first-order valence-electron chi connectivity index (χ1n) is 5.45. The highest BCUT2D eigenvalue weighted by Crippen LogP contribution is 2.24. The van der Waals surface area contributed by atoms with Gasteiger partial charge >= 0.3 is 0 Å². The first kappa shape index (κ1) is 8.85. The molecule has 78 valence electrons. The lowest BCUT2D eigenvalue weighted by atomic mass is 10.0. The van der Waals surface area contributed by atoms with E-state index in [0.717, 1.165) is 17.8 Å². The molecule has 2 aromatic rings. The molecule has 3 heterocycles. The van der Waals surface area contributed by atoms with Crippen LogP contribution in [0.1, 0.15) is 31.0 Å². The molecule has 0 radical (unpaired) electrons. The highest BCUT2D eigenvalue weighted by Gasteiger charge is 2.18. The molecular weight excluding hydrogens is 188 g/mol. The van der Waals surface area contributed by atoms with E-state index >= 15 is 0 Å². The van der Waals surface area contributed by atoms with Crippen molar-refractivity contribution < 1.29 is 0 Å². The predicted octanol–water partition coefficient (Wildman–Crippen LogP) is 1.54. The topological polar surface area (TPSA) is 42.2 Å². The fourth-order valence-electron chi connectivity index (χ4n) is 2.21. The Kier molecular flexibility index (Phi) is 2.14. The fourth-order valence-corrected chi connectivity index (χ4v) is 2.21. The summed E-state index contributed by atoms with van der Waals surface area (Å²) in [6, 6.07) is 0.410. The number of nitrogens with zero attached hydrogens (tertiary/aromatic N) is 3. The summed E-state index contributed by atoms with van der Waals surface area (Å²) in [5, 5.41) is 3.51. The molecule has 1 unspecified atom stereocenters. The average Bonchev–Trinajstić information content (AvgIpc) is 2.74. The van der Waals surface area contributed by atoms with Gasteiger partial charge in [0.1, 0.15) is 0 Å². The molecule has 1 fully saturated rings. The second kappa shape index (κ2) is 3.62. The molecule has 1 saturated heterocycles. The third-order valence-corrected chi connectivity index (χ3v) is 3.01. The zero-order valence-electron chi connectivity index (χ0n) is 8.56. The summed E-state index contributed by atoms with van der Waals surface area (Å²) in [6.07, 6.45) is 11.2. The Hall–Kier alpha value is -1.42. The molecule has 1 N–H and O–H groups in total. The molecule has 0 aliphatic carbocycles. The predicted molar refractivity (Wildman–Crippen MR) is 57.6 cm³/mol. The quantitative estimate of drug-likeness (QED) is 0.762. The minimum absolute atomic E-state index is 0.410. The Morgan fingerprint density at radius 3 is 3.27 bits per heavy atom. The Bertz CT molecular complexity index is 456. The van der Waals surface area contributed by atoms with Gasteiger partial charge in [0.25, 0.3) is 0 Å². The van der Waals surface area contributed by atoms with Crippen molar-refractivity contribution in [1.82, 2.24) is 19.7 Å². The summed E-state index contributed by atoms with van der Waals surface area (Å²) in [5.41, 5.74) is 2.26. The fraction of sp³-hybridized carbons (Fsp3) is 0.455. The van der Waals surface area contributed by atoms with E-state index in [1.807, 2.05) is 23.1 Å². The van der Waals surface area contributed by atoms with Crippen LogP contribution < -0.4 is 5.32 Å². The number of piperidine rings is 1. The van der Waals surface area contributed by atoms with E-state index in [4.69, 9.17) is 0 Å². The maximum absolute atomic E-state index is 4.48. The molecule has 0 saturated carbocycles. The highest BCUT2D eigenvalue weighted by atomic mass is 15.0. The standard InChI is InChI=1S/C11H14N4/c1-2-4-13-9(3-1)11-10-7-12-5-6-15(10)8-14-11/h5-9,13H,1-4H2. The van der Waals surface area contributed by atoms with Crippen molar-refractivity contribution in [2.24, 2.45) is 0 Å². The van der Waals surface area contributed by atoms with Gasteiger partial charge in [-0.15, -0.1) is 0 Å². The van der Waals surface area contributed by atoms with Crippen molar-refractivity contribution in [2.45, 2.75) is 25.3 Å². The van der Waals surface area contributed by atoms with Crippen LogP contribution in [-0.4, -0.2) is 20.9 Å². The lowest BCUT2D eigenvalue weighted by molar-refractivity contribution is 0.408. The number of hydrogen-bond donors (Lipinski definition) is 1. The SMILES string of the molecule is c1cn2cnc(C3CCCCN3)c2cn1. The summed E-state index contributed by atoms with van der Waals surface area (Å²) in [4.78, 5) is 8.63. The van der Waals surface area contributed by atoms with E-state index in [1.165, 1.54) is 19.3 Å². The maximum atomic E-state index is 4.48. The van der Waals surface area contributed by atoms with Crippen molar-refractivity contribution >= 4 is 5.52 Å². The van der Waals surface area contributed by atoms with E-state index in [0.29, 0.717) is 6.04 Å². The maximum Gasteiger partial charge on any atom is 0.0997 e. The van der Waals surface area contributed by atoms with Gasteiger partial charge in [0.2, 0.25) is 0 Å². The third-order valence-electron chi connectivity index (χ3n) is 3.01. The van der Waals surface area contributed by atoms with Gasteiger partial charge in [0.05, 0.1) is 29.8 Å². The lowest BCUT2D eigenvalue weighted by Crippen LogP contribution is -2.27. The minimum atomic E-state index is 0.410. The number of imidazole rings is 1. The number of hydrogen-bond acceptors (Lipinski definition) is 3. The molecule has 0 aromatic carbocycles. The number of rotatable bonds is 1. The first-order valence-corrected chi connectivity index (χ1v) is 5.45. The normalized spacial score (nSPS) is 22.0. The van der Waals surface area contributed by atoms with Crippen LogP contribution in [0.4, 0.5) is 0 Å². The average molecular weight is 202 g/mol. The van der Waals surface area contributed by atoms with Crippen molar-refractivity contribution in [3.05, 3.63) is 30.6 Å². The van der Waals surface area contributed by atoms with Crippen LogP contribution in [0.25, 0.3) is 5.52 Å². The molecule has 1 aliphatic heterocycles. The zero-order valence-corrected chi connectivity index (χ0v) is 8.56. The molecule has 0 spiro atoms. The molecular formula is C11H14N4. The Morgan fingerprint density at radius 2 is 2.40 bits per heavy atom. The lowest BCUT2D eigenvalue weighted by Gasteiger charge is -2.21. The number of aromatic nitrogens is 3. The van der Waals surface area contributed by atoms with Gasteiger partial charge in [-0.25, -0.2) is 4.98 Å². The Balaban J connectivity index is 2.02. The molecule has 4 nitrogen and oxygen atoms in total. The smallest absolute Gasteiger partial charge is 0.0997 e. The molecule has 0 bridgehead atoms. The molecule has 4 heteroatoms. The summed E-state index contributed by atoms with van der Waals surface area (Å²) >= 11 is 0. The van der Waals surface area contributed by atoms with Gasteiger partial charge < -0.3 is 9.72 Å². The van der Waals surface area contributed by atoms with Crippen LogP contribution in [0.2, 0.25) is 0 Å². The molecule has 1 aliphatic rings. The first-order chi connectivity index (χ1) is 7.45. The van der Waals surface area contributed by atoms with Crippen LogP contribution in [-0.2, 0) is 0 Å². The van der Waals surface area contributed by atoms with Crippen molar-refractivity contribution in [1.29, 1.82) is 0 Å². The number of nitrogens with one attached hydrogen (secondary N) is 1. The molecule has 15 heavy (non-hydrogen) atoms. The van der Waals surface area contributed by atoms with E-state index in [1.54, 1.807) is 6.20 Å². The van der Waals surface area contributed by atoms with Gasteiger partial charge in [0.15, 0.2) is 0 Å². The van der Waals surface area contributed by atoms with Crippen molar-refractivity contribution in [3.8, 4) is 0 Å². The Labute approximate surface area is 88.4 Å². The minimum Gasteiger partial charge on any atom is -0.309 e. The van der Waals surface area contributed by atoms with Crippen molar-refractivity contribution in [3.63, 3.8) is 0 Å². The largest absolute Gasteiger partial charge is 0.309 e. The third kappa shape index (κ3) is 1.51. The summed E-state index contributed by atoms with van der Waals surface area (Å²) in [6.45, 7) is 1.10. The van der Waals surface area contributed by atoms with E-state index < -0.39 is 0 Å². The van der Waals surface area contributed by atoms with Crippen LogP contribution in [0.5, 0.6) is 0 Å². The van der Waals surface area contributed by atoms with Gasteiger partial charge in [-0.3, -0.25) is 4.98 Å². The summed E-state index contributed by atoms with van der Waals surface area (Å²) in [5.74, 6) is 0. The van der Waals surface area contributed by atoms with Gasteiger partial charge in [0, 0.05) is 12.4 Å². The van der Waals surface area contributed by atoms with E-state index in [2.05, 4.69) is 15.3 Å². The molecule has 3 rings (SSSR count). The van der Waals surface area contributed by atoms with Gasteiger partial charge in [-0.2, -0.15) is 0 Å². The van der Waals surface area contributed by atoms with Gasteiger partial charge in [-0.1, -0.05) is 6.42 Å². The molecule has 2 aromatic heterocycles. The zero-order chi connectivity index (χ0) is 10.1. The van der Waals surface area contributed by atoms with Crippen molar-refractivity contribution in [2.75, 3.05) is 6.54 Å². The monoisotopic (exact) mass is 202 g/mol.